The van der Waals surface area contributed by atoms with Gasteiger partial charge in [0.25, 0.3) is 5.91 Å². The molecule has 2 aromatic rings. The fraction of sp³-hybridized carbons (Fsp3) is 0.154. The lowest BCUT2D eigenvalue weighted by Gasteiger charge is -2.05. The molecule has 0 radical (unpaired) electrons. The average Bonchev–Trinajstić information content (AvgIpc) is 2.82. The van der Waals surface area contributed by atoms with Crippen LogP contribution in [0.5, 0.6) is 0 Å². The molecular formula is C13H13ClN2O3S2. The lowest BCUT2D eigenvalue weighted by molar-refractivity contribution is 0.0955. The van der Waals surface area contributed by atoms with Crippen LogP contribution in [0.25, 0.3) is 0 Å². The maximum atomic E-state index is 11.8. The zero-order valence-corrected chi connectivity index (χ0v) is 13.3. The highest BCUT2D eigenvalue weighted by molar-refractivity contribution is 7.88. The van der Waals surface area contributed by atoms with Crippen LogP contribution in [0.3, 0.4) is 0 Å². The molecule has 0 unspecified atom stereocenters. The first-order valence-electron chi connectivity index (χ1n) is 5.95. The molecule has 0 aliphatic carbocycles. The molecule has 0 saturated carbocycles. The van der Waals surface area contributed by atoms with Crippen molar-refractivity contribution >= 4 is 38.9 Å². The molecule has 5 nitrogen and oxygen atoms in total. The van der Waals surface area contributed by atoms with Crippen molar-refractivity contribution in [2.45, 2.75) is 12.3 Å². The molecule has 0 bridgehead atoms. The van der Waals surface area contributed by atoms with Crippen molar-refractivity contribution < 1.29 is 13.2 Å². The van der Waals surface area contributed by atoms with Gasteiger partial charge in [-0.1, -0.05) is 35.9 Å². The third-order valence-corrected chi connectivity index (χ3v) is 4.61. The van der Waals surface area contributed by atoms with E-state index in [9.17, 15) is 13.2 Å². The van der Waals surface area contributed by atoms with Crippen LogP contribution in [0.1, 0.15) is 20.8 Å². The number of halogens is 1. The second-order valence-corrected chi connectivity index (χ2v) is 7.74. The second-order valence-electron chi connectivity index (χ2n) is 4.41. The van der Waals surface area contributed by atoms with E-state index in [0.717, 1.165) is 5.56 Å². The van der Waals surface area contributed by atoms with Crippen molar-refractivity contribution in [1.29, 1.82) is 0 Å². The summed E-state index contributed by atoms with van der Waals surface area (Å²) in [6.45, 7) is 0.351. The molecular weight excluding hydrogens is 332 g/mol. The number of carbonyl (C=O) groups is 1. The Labute approximate surface area is 131 Å². The number of rotatable bonds is 5. The molecule has 0 atom stereocenters. The van der Waals surface area contributed by atoms with E-state index in [-0.39, 0.29) is 11.7 Å². The summed E-state index contributed by atoms with van der Waals surface area (Å²) in [7, 11) is -3.53. The smallest absolute Gasteiger partial charge is 0.261 e. The third-order valence-electron chi connectivity index (χ3n) is 2.64. The average molecular weight is 345 g/mol. The number of benzene rings is 1. The van der Waals surface area contributed by atoms with Crippen LogP contribution in [0.2, 0.25) is 4.34 Å². The molecule has 1 heterocycles. The van der Waals surface area contributed by atoms with Crippen molar-refractivity contribution in [3.8, 4) is 0 Å². The van der Waals surface area contributed by atoms with Crippen LogP contribution in [-0.2, 0) is 22.3 Å². The van der Waals surface area contributed by atoms with Gasteiger partial charge in [0.15, 0.2) is 0 Å². The van der Waals surface area contributed by atoms with E-state index in [0.29, 0.717) is 21.3 Å². The molecule has 112 valence electrons. The number of hydrogen-bond donors (Lipinski definition) is 2. The Morgan fingerprint density at radius 2 is 1.76 bits per heavy atom. The molecule has 21 heavy (non-hydrogen) atoms. The fourth-order valence-electron chi connectivity index (χ4n) is 1.69. The number of hydrogen-bond acceptors (Lipinski definition) is 4. The van der Waals surface area contributed by atoms with Crippen molar-refractivity contribution in [3.05, 3.63) is 56.7 Å². The lowest BCUT2D eigenvalue weighted by atomic mass is 10.1. The topological polar surface area (TPSA) is 89.3 Å². The first-order valence-corrected chi connectivity index (χ1v) is 8.86. The Balaban J connectivity index is 1.93. The van der Waals surface area contributed by atoms with Crippen LogP contribution >= 0.6 is 22.9 Å². The van der Waals surface area contributed by atoms with Gasteiger partial charge in [-0.15, -0.1) is 11.3 Å². The number of thiophene rings is 1. The van der Waals surface area contributed by atoms with Gasteiger partial charge in [0.05, 0.1) is 15.0 Å². The summed E-state index contributed by atoms with van der Waals surface area (Å²) < 4.78 is 22.5. The van der Waals surface area contributed by atoms with E-state index in [1.54, 1.807) is 36.4 Å². The summed E-state index contributed by atoms with van der Waals surface area (Å²) in [5.74, 6) is -0.395. The second kappa shape index (κ2) is 6.57. The molecule has 1 aromatic carbocycles. The fourth-order valence-corrected chi connectivity index (χ4v) is 3.31. The van der Waals surface area contributed by atoms with E-state index < -0.39 is 10.0 Å². The molecule has 0 aliphatic rings. The predicted molar refractivity (Wildman–Crippen MR) is 83.8 cm³/mol. The van der Waals surface area contributed by atoms with Crippen molar-refractivity contribution in [3.63, 3.8) is 0 Å². The summed E-state index contributed by atoms with van der Waals surface area (Å²) in [6, 6.07) is 10.2. The maximum Gasteiger partial charge on any atom is 0.261 e. The molecule has 2 rings (SSSR count). The van der Waals surface area contributed by atoms with E-state index in [2.05, 4.69) is 5.32 Å². The zero-order valence-electron chi connectivity index (χ0n) is 10.9. The molecule has 0 aliphatic heterocycles. The Morgan fingerprint density at radius 3 is 2.29 bits per heavy atom. The Hall–Kier alpha value is -1.41. The van der Waals surface area contributed by atoms with Gasteiger partial charge in [-0.25, -0.2) is 13.6 Å². The van der Waals surface area contributed by atoms with Crippen LogP contribution < -0.4 is 10.5 Å². The number of sulfonamides is 1. The number of primary sulfonamides is 1. The minimum absolute atomic E-state index is 0.194. The first-order chi connectivity index (χ1) is 9.83. The number of nitrogens with two attached hydrogens (primary N) is 1. The Kier molecular flexibility index (Phi) is 5.00. The van der Waals surface area contributed by atoms with Gasteiger partial charge in [-0.05, 0) is 23.3 Å². The van der Waals surface area contributed by atoms with E-state index >= 15 is 0 Å². The largest absolute Gasteiger partial charge is 0.347 e. The van der Waals surface area contributed by atoms with E-state index in [1.165, 1.54) is 11.3 Å². The third kappa shape index (κ3) is 5.13. The molecule has 1 aromatic heterocycles. The summed E-state index contributed by atoms with van der Waals surface area (Å²) in [6.07, 6.45) is 0. The number of carbonyl (C=O) groups excluding carboxylic acids is 1. The minimum atomic E-state index is -3.53. The van der Waals surface area contributed by atoms with Crippen LogP contribution in [0, 0.1) is 0 Å². The predicted octanol–water partition coefficient (Wildman–Crippen LogP) is 2.12. The summed E-state index contributed by atoms with van der Waals surface area (Å²) in [4.78, 5) is 12.4. The number of amides is 1. The van der Waals surface area contributed by atoms with Crippen LogP contribution in [-0.4, -0.2) is 14.3 Å². The van der Waals surface area contributed by atoms with Gasteiger partial charge in [-0.2, -0.15) is 0 Å². The standard InChI is InChI=1S/C13H13ClN2O3S2/c14-12-6-5-11(20-12)13(17)16-7-9-1-3-10(4-2-9)8-21(15,18)19/h1-6H,7-8H2,(H,16,17)(H2,15,18,19). The van der Waals surface area contributed by atoms with Gasteiger partial charge in [0.2, 0.25) is 10.0 Å². The molecule has 0 saturated heterocycles. The van der Waals surface area contributed by atoms with Crippen molar-refractivity contribution in [2.24, 2.45) is 5.14 Å². The normalized spacial score (nSPS) is 11.3. The van der Waals surface area contributed by atoms with Gasteiger partial charge >= 0.3 is 0 Å². The summed E-state index contributed by atoms with van der Waals surface area (Å²) in [5, 5.41) is 7.74. The van der Waals surface area contributed by atoms with Gasteiger partial charge in [-0.3, -0.25) is 4.79 Å². The quantitative estimate of drug-likeness (QED) is 0.870. The summed E-state index contributed by atoms with van der Waals surface area (Å²) >= 11 is 6.98. The summed E-state index contributed by atoms with van der Waals surface area (Å²) in [5.41, 5.74) is 1.47. The van der Waals surface area contributed by atoms with Crippen LogP contribution in [0.15, 0.2) is 36.4 Å². The highest BCUT2D eigenvalue weighted by Crippen LogP contribution is 2.21. The van der Waals surface area contributed by atoms with Crippen LogP contribution in [0.4, 0.5) is 0 Å². The van der Waals surface area contributed by atoms with Gasteiger partial charge in [0, 0.05) is 6.54 Å². The van der Waals surface area contributed by atoms with Crippen molar-refractivity contribution in [1.82, 2.24) is 5.32 Å². The van der Waals surface area contributed by atoms with Crippen molar-refractivity contribution in [2.75, 3.05) is 0 Å². The van der Waals surface area contributed by atoms with E-state index in [1.807, 2.05) is 0 Å². The maximum absolute atomic E-state index is 11.8. The van der Waals surface area contributed by atoms with Gasteiger partial charge in [0.1, 0.15) is 0 Å². The number of nitrogens with one attached hydrogen (secondary N) is 1. The van der Waals surface area contributed by atoms with E-state index in [4.69, 9.17) is 16.7 Å². The first kappa shape index (κ1) is 16.0. The Morgan fingerprint density at radius 1 is 1.14 bits per heavy atom. The molecule has 0 spiro atoms. The molecule has 1 amide bonds. The molecule has 8 heteroatoms. The molecule has 0 fully saturated rings. The Bertz CT molecular complexity index is 739. The highest BCUT2D eigenvalue weighted by atomic mass is 35.5. The minimum Gasteiger partial charge on any atom is -0.347 e. The van der Waals surface area contributed by atoms with Gasteiger partial charge < -0.3 is 5.32 Å². The zero-order chi connectivity index (χ0) is 15.5. The highest BCUT2D eigenvalue weighted by Gasteiger charge is 2.08. The molecule has 3 N–H and O–H groups in total. The lowest BCUT2D eigenvalue weighted by Crippen LogP contribution is -2.21. The monoisotopic (exact) mass is 344 g/mol. The SMILES string of the molecule is NS(=O)(=O)Cc1ccc(CNC(=O)c2ccc(Cl)s2)cc1.